The number of alkyl halides is 3. The highest BCUT2D eigenvalue weighted by Crippen LogP contribution is 2.43. The van der Waals surface area contributed by atoms with Gasteiger partial charge in [-0.25, -0.2) is 18.2 Å². The van der Waals surface area contributed by atoms with Gasteiger partial charge in [-0.05, 0) is 18.6 Å². The molecule has 0 aliphatic carbocycles. The highest BCUT2D eigenvalue weighted by atomic mass is 32.2. The summed E-state index contributed by atoms with van der Waals surface area (Å²) in [6.45, 7) is 1.56. The molecule has 0 aliphatic heterocycles. The third-order valence-corrected chi connectivity index (χ3v) is 4.95. The van der Waals surface area contributed by atoms with E-state index in [0.717, 1.165) is 0 Å². The highest BCUT2D eigenvalue weighted by molar-refractivity contribution is 7.89. The van der Waals surface area contributed by atoms with Crippen LogP contribution in [0.2, 0.25) is 0 Å². The molecule has 0 atom stereocenters. The summed E-state index contributed by atoms with van der Waals surface area (Å²) in [5, 5.41) is 9.35. The Labute approximate surface area is 160 Å². The van der Waals surface area contributed by atoms with Crippen molar-refractivity contribution in [2.24, 2.45) is 5.14 Å². The Hall–Kier alpha value is -2.91. The zero-order valence-electron chi connectivity index (χ0n) is 14.7. The number of sulfonamides is 1. The maximum atomic E-state index is 13.9. The van der Waals surface area contributed by atoms with Crippen LogP contribution in [0.25, 0.3) is 28.6 Å². The summed E-state index contributed by atoms with van der Waals surface area (Å²) in [4.78, 5) is -0.300. The van der Waals surface area contributed by atoms with Crippen molar-refractivity contribution in [2.45, 2.75) is 18.0 Å². The fraction of sp³-hybridized carbons (Fsp3) is 0.105. The van der Waals surface area contributed by atoms with Crippen LogP contribution in [0, 0.1) is 0 Å². The van der Waals surface area contributed by atoms with Crippen LogP contribution in [0.1, 0.15) is 12.6 Å². The molecule has 1 heterocycles. The molecule has 0 spiro atoms. The highest BCUT2D eigenvalue weighted by Gasteiger charge is 2.40. The van der Waals surface area contributed by atoms with Gasteiger partial charge < -0.3 is 0 Å². The summed E-state index contributed by atoms with van der Waals surface area (Å²) in [5.41, 5.74) is -1.10. The number of nitrogens with two attached hydrogens (primary N) is 1. The second-order valence-corrected chi connectivity index (χ2v) is 7.43. The number of primary sulfonamides is 1. The molecule has 5 nitrogen and oxygen atoms in total. The minimum absolute atomic E-state index is 0.00222. The molecule has 9 heteroatoms. The molecule has 146 valence electrons. The maximum absolute atomic E-state index is 13.9. The van der Waals surface area contributed by atoms with Gasteiger partial charge in [0.1, 0.15) is 5.69 Å². The van der Waals surface area contributed by atoms with Crippen molar-refractivity contribution >= 4 is 16.2 Å². The van der Waals surface area contributed by atoms with Gasteiger partial charge in [0.25, 0.3) is 0 Å². The van der Waals surface area contributed by atoms with Crippen LogP contribution in [0.5, 0.6) is 0 Å². The predicted octanol–water partition coefficient (Wildman–Crippen LogP) is 4.37. The van der Waals surface area contributed by atoms with Crippen LogP contribution in [0.4, 0.5) is 13.2 Å². The van der Waals surface area contributed by atoms with E-state index in [1.807, 2.05) is 0 Å². The van der Waals surface area contributed by atoms with Crippen molar-refractivity contribution in [2.75, 3.05) is 0 Å². The molecule has 28 heavy (non-hydrogen) atoms. The third-order valence-electron chi connectivity index (χ3n) is 3.98. The molecule has 0 unspecified atom stereocenters. The van der Waals surface area contributed by atoms with Crippen LogP contribution in [-0.4, -0.2) is 18.2 Å². The first-order chi connectivity index (χ1) is 13.1. The lowest BCUT2D eigenvalue weighted by Gasteiger charge is -2.12. The molecule has 3 aromatic rings. The number of hydrogen-bond acceptors (Lipinski definition) is 3. The minimum atomic E-state index is -4.73. The number of aromatic nitrogens is 2. The SMILES string of the molecule is CC=Cn1nc(-c2ccccc2S(N)(=O)=O)c(-c2ccccc2)c1C(F)(F)F. The first-order valence-corrected chi connectivity index (χ1v) is 9.69. The standard InChI is InChI=1S/C19H16F3N3O2S/c1-2-12-25-18(19(20,21)22)16(13-8-4-3-5-9-13)17(24-25)14-10-6-7-11-15(14)28(23,26)27/h2-12H,1H3,(H2,23,26,27). The Bertz CT molecular complexity index is 1130. The van der Waals surface area contributed by atoms with Gasteiger partial charge >= 0.3 is 6.18 Å². The third kappa shape index (κ3) is 3.71. The van der Waals surface area contributed by atoms with Crippen molar-refractivity contribution in [1.82, 2.24) is 9.78 Å². The average molecular weight is 407 g/mol. The van der Waals surface area contributed by atoms with E-state index >= 15 is 0 Å². The molecule has 0 radical (unpaired) electrons. The average Bonchev–Trinajstić information content (AvgIpc) is 3.01. The molecule has 0 amide bonds. The van der Waals surface area contributed by atoms with Gasteiger partial charge in [-0.3, -0.25) is 0 Å². The zero-order chi connectivity index (χ0) is 20.5. The van der Waals surface area contributed by atoms with E-state index in [4.69, 9.17) is 5.14 Å². The van der Waals surface area contributed by atoms with Crippen LogP contribution >= 0.6 is 0 Å². The van der Waals surface area contributed by atoms with Crippen molar-refractivity contribution in [3.05, 3.63) is 66.4 Å². The second-order valence-electron chi connectivity index (χ2n) is 5.90. The van der Waals surface area contributed by atoms with Crippen molar-refractivity contribution < 1.29 is 21.6 Å². The zero-order valence-corrected chi connectivity index (χ0v) is 15.5. The molecule has 3 rings (SSSR count). The number of nitrogens with zero attached hydrogens (tertiary/aromatic N) is 2. The lowest BCUT2D eigenvalue weighted by Crippen LogP contribution is -2.13. The Morgan fingerprint density at radius 3 is 2.21 bits per heavy atom. The van der Waals surface area contributed by atoms with Gasteiger partial charge in [0.15, 0.2) is 5.69 Å². The molecule has 0 saturated carbocycles. The number of benzene rings is 2. The Morgan fingerprint density at radius 2 is 1.64 bits per heavy atom. The number of hydrogen-bond donors (Lipinski definition) is 1. The molecule has 0 saturated heterocycles. The van der Waals surface area contributed by atoms with Gasteiger partial charge in [-0.1, -0.05) is 54.6 Å². The Kier molecular flexibility index (Phi) is 5.14. The Balaban J connectivity index is 2.48. The fourth-order valence-electron chi connectivity index (χ4n) is 2.93. The maximum Gasteiger partial charge on any atom is 0.434 e. The quantitative estimate of drug-likeness (QED) is 0.697. The van der Waals surface area contributed by atoms with E-state index in [9.17, 15) is 21.6 Å². The summed E-state index contributed by atoms with van der Waals surface area (Å²) in [5.74, 6) is 0. The molecule has 2 N–H and O–H groups in total. The van der Waals surface area contributed by atoms with Gasteiger partial charge in [0, 0.05) is 17.3 Å². The summed E-state index contributed by atoms with van der Waals surface area (Å²) < 4.78 is 66.5. The van der Waals surface area contributed by atoms with Gasteiger partial charge in [0.2, 0.25) is 10.0 Å². The van der Waals surface area contributed by atoms with Crippen LogP contribution in [0.15, 0.2) is 65.6 Å². The van der Waals surface area contributed by atoms with E-state index in [2.05, 4.69) is 5.10 Å². The smallest absolute Gasteiger partial charge is 0.235 e. The minimum Gasteiger partial charge on any atom is -0.235 e. The second kappa shape index (κ2) is 7.25. The van der Waals surface area contributed by atoms with E-state index in [1.165, 1.54) is 48.7 Å². The summed E-state index contributed by atoms with van der Waals surface area (Å²) in [6, 6.07) is 13.5. The van der Waals surface area contributed by atoms with E-state index in [-0.39, 0.29) is 27.3 Å². The van der Waals surface area contributed by atoms with Crippen LogP contribution in [0.3, 0.4) is 0 Å². The summed E-state index contributed by atoms with van der Waals surface area (Å²) >= 11 is 0. The van der Waals surface area contributed by atoms with Gasteiger partial charge in [-0.15, -0.1) is 0 Å². The Morgan fingerprint density at radius 1 is 1.04 bits per heavy atom. The monoisotopic (exact) mass is 407 g/mol. The topological polar surface area (TPSA) is 78.0 Å². The normalized spacial score (nSPS) is 12.6. The molecular weight excluding hydrogens is 391 g/mol. The molecule has 2 aromatic carbocycles. The largest absolute Gasteiger partial charge is 0.434 e. The molecule has 0 fully saturated rings. The van der Waals surface area contributed by atoms with E-state index < -0.39 is 21.9 Å². The van der Waals surface area contributed by atoms with Gasteiger partial charge in [-0.2, -0.15) is 18.3 Å². The van der Waals surface area contributed by atoms with Crippen molar-refractivity contribution in [3.8, 4) is 22.4 Å². The lowest BCUT2D eigenvalue weighted by atomic mass is 9.98. The number of allylic oxidation sites excluding steroid dienone is 1. The summed E-state index contributed by atoms with van der Waals surface area (Å²) in [6.07, 6.45) is -2.16. The number of halogens is 3. The summed E-state index contributed by atoms with van der Waals surface area (Å²) in [7, 11) is -4.18. The first-order valence-electron chi connectivity index (χ1n) is 8.14. The van der Waals surface area contributed by atoms with Crippen LogP contribution in [-0.2, 0) is 16.2 Å². The number of rotatable bonds is 4. The van der Waals surface area contributed by atoms with Crippen LogP contribution < -0.4 is 5.14 Å². The van der Waals surface area contributed by atoms with E-state index in [0.29, 0.717) is 4.68 Å². The fourth-order valence-corrected chi connectivity index (χ4v) is 3.67. The molecular formula is C19H16F3N3O2S. The molecule has 1 aromatic heterocycles. The molecule has 0 bridgehead atoms. The first kappa shape index (κ1) is 19.8. The van der Waals surface area contributed by atoms with Crippen molar-refractivity contribution in [3.63, 3.8) is 0 Å². The van der Waals surface area contributed by atoms with E-state index in [1.54, 1.807) is 25.1 Å². The van der Waals surface area contributed by atoms with Crippen molar-refractivity contribution in [1.29, 1.82) is 0 Å². The molecule has 0 aliphatic rings. The van der Waals surface area contributed by atoms with Gasteiger partial charge in [0.05, 0.1) is 4.90 Å². The predicted molar refractivity (Wildman–Crippen MR) is 100 cm³/mol. The lowest BCUT2D eigenvalue weighted by molar-refractivity contribution is -0.142.